The fraction of sp³-hybridized carbons (Fsp3) is 0.859. The Morgan fingerprint density at radius 3 is 1.13 bits per heavy atom. The van der Waals surface area contributed by atoms with Crippen molar-refractivity contribution < 1.29 is 52.6 Å². The van der Waals surface area contributed by atoms with E-state index in [1.54, 1.807) is 0 Å². The van der Waals surface area contributed by atoms with E-state index in [1.165, 1.54) is 172 Å². The van der Waals surface area contributed by atoms with Crippen LogP contribution >= 0.6 is 0 Å². The van der Waals surface area contributed by atoms with Crippen molar-refractivity contribution in [1.29, 1.82) is 0 Å². The van der Waals surface area contributed by atoms with E-state index in [4.69, 9.17) is 9.47 Å². The van der Waals surface area contributed by atoms with Crippen LogP contribution in [-0.4, -0.2) is 148 Å². The van der Waals surface area contributed by atoms with E-state index in [2.05, 4.69) is 52.7 Å². The second kappa shape index (κ2) is 55.1. The minimum Gasteiger partial charge on any atom is -0.464 e. The SMILES string of the molecule is CCCCCCCCCCCCCCCCCCN(CCCCCCCCCCCCCCCCCC)C(=O)COCC(=O)NCC(=O)NCC(=O)NCC(=O)N1CCC[C@H]1C(=O)NCC(=O)NCC(=O)NCC(=O)OCCCCCCC. The molecule has 1 saturated heterocycles. The molecular formula is C64H118N8O11. The highest BCUT2D eigenvalue weighted by molar-refractivity contribution is 5.94. The second-order valence-corrected chi connectivity index (χ2v) is 23.0. The number of esters is 1. The van der Waals surface area contributed by atoms with Crippen molar-refractivity contribution in [2.24, 2.45) is 0 Å². The molecular weight excluding hydrogens is 1060 g/mol. The molecule has 1 aliphatic rings. The fourth-order valence-corrected chi connectivity index (χ4v) is 10.2. The van der Waals surface area contributed by atoms with Crippen LogP contribution < -0.4 is 31.9 Å². The average molecular weight is 1180 g/mol. The minimum absolute atomic E-state index is 0.147. The molecule has 1 fully saturated rings. The number of amides is 8. The summed E-state index contributed by atoms with van der Waals surface area (Å²) in [5.41, 5.74) is 0. The number of hydrogen-bond acceptors (Lipinski definition) is 11. The summed E-state index contributed by atoms with van der Waals surface area (Å²) < 4.78 is 10.6. The van der Waals surface area contributed by atoms with Gasteiger partial charge in [0.05, 0.1) is 39.3 Å². The monoisotopic (exact) mass is 1170 g/mol. The van der Waals surface area contributed by atoms with Gasteiger partial charge in [-0.05, 0) is 32.1 Å². The van der Waals surface area contributed by atoms with Crippen LogP contribution in [-0.2, 0) is 52.6 Å². The van der Waals surface area contributed by atoms with Crippen molar-refractivity contribution in [3.63, 3.8) is 0 Å². The van der Waals surface area contributed by atoms with Crippen molar-refractivity contribution in [1.82, 2.24) is 41.7 Å². The van der Waals surface area contributed by atoms with Crippen LogP contribution in [0.5, 0.6) is 0 Å². The topological polar surface area (TPSA) is 251 Å². The Kier molecular flexibility index (Phi) is 50.6. The van der Waals surface area contributed by atoms with Crippen molar-refractivity contribution in [2.75, 3.05) is 78.7 Å². The third-order valence-electron chi connectivity index (χ3n) is 15.4. The van der Waals surface area contributed by atoms with Gasteiger partial charge in [0.25, 0.3) is 0 Å². The Morgan fingerprint density at radius 2 is 0.723 bits per heavy atom. The molecule has 8 amide bonds. The first-order valence-electron chi connectivity index (χ1n) is 33.3. The summed E-state index contributed by atoms with van der Waals surface area (Å²) in [6.45, 7) is 5.32. The molecule has 0 radical (unpaired) electrons. The Hall–Kier alpha value is -4.81. The average Bonchev–Trinajstić information content (AvgIpc) is 4.24. The van der Waals surface area contributed by atoms with Gasteiger partial charge in [-0.25, -0.2) is 0 Å². The molecule has 0 aromatic carbocycles. The van der Waals surface area contributed by atoms with Gasteiger partial charge < -0.3 is 51.2 Å². The van der Waals surface area contributed by atoms with Crippen LogP contribution in [0.3, 0.4) is 0 Å². The summed E-state index contributed by atoms with van der Waals surface area (Å²) in [5, 5.41) is 14.5. The predicted molar refractivity (Wildman–Crippen MR) is 329 cm³/mol. The standard InChI is InChI=1S/C64H118N8O11/c1-4-7-10-13-15-17-19-21-23-25-27-29-31-33-35-38-43-71(44-39-36-34-32-30-28-26-24-22-20-18-16-14-11-8-5-2)62(79)54-82-53-60(77)67-49-56(73)65-47-57(74)68-51-61(78)72-45-41-42-55(72)64(81)70-50-59(76)66-48-58(75)69-52-63(80)83-46-40-37-12-9-6-3/h55H,4-54H2,1-3H3,(H,65,73)(H,66,76)(H,67,77)(H,68,74)(H,69,75)(H,70,81)/t55-/m0/s1. The number of ether oxygens (including phenoxy) is 2. The lowest BCUT2D eigenvalue weighted by Crippen LogP contribution is -2.51. The molecule has 1 rings (SSSR count). The highest BCUT2D eigenvalue weighted by Gasteiger charge is 2.34. The number of carbonyl (C=O) groups is 9. The van der Waals surface area contributed by atoms with Gasteiger partial charge in [-0.3, -0.25) is 43.2 Å². The van der Waals surface area contributed by atoms with Crippen molar-refractivity contribution in [3.05, 3.63) is 0 Å². The van der Waals surface area contributed by atoms with Gasteiger partial charge in [0, 0.05) is 19.6 Å². The molecule has 0 aromatic heterocycles. The van der Waals surface area contributed by atoms with Crippen molar-refractivity contribution in [3.8, 4) is 0 Å². The quantitative estimate of drug-likeness (QED) is 0.0247. The maximum Gasteiger partial charge on any atom is 0.325 e. The molecule has 0 saturated carbocycles. The summed E-state index contributed by atoms with van der Waals surface area (Å²) in [4.78, 5) is 116. The number of unbranched alkanes of at least 4 members (excludes halogenated alkanes) is 34. The molecule has 83 heavy (non-hydrogen) atoms. The Labute approximate surface area is 501 Å². The van der Waals surface area contributed by atoms with Gasteiger partial charge in [-0.2, -0.15) is 0 Å². The molecule has 1 aliphatic heterocycles. The van der Waals surface area contributed by atoms with Crippen molar-refractivity contribution in [2.45, 2.75) is 277 Å². The summed E-state index contributed by atoms with van der Waals surface area (Å²) in [7, 11) is 0. The van der Waals surface area contributed by atoms with Gasteiger partial charge >= 0.3 is 5.97 Å². The first-order valence-corrected chi connectivity index (χ1v) is 33.3. The van der Waals surface area contributed by atoms with Crippen LogP contribution in [0.15, 0.2) is 0 Å². The van der Waals surface area contributed by atoms with Crippen LogP contribution in [0.2, 0.25) is 0 Å². The van der Waals surface area contributed by atoms with Crippen LogP contribution in [0.4, 0.5) is 0 Å². The second-order valence-electron chi connectivity index (χ2n) is 23.0. The number of hydrogen-bond donors (Lipinski definition) is 6. The largest absolute Gasteiger partial charge is 0.464 e. The normalized spacial score (nSPS) is 12.9. The maximum atomic E-state index is 13.4. The molecule has 1 atom stereocenters. The first-order chi connectivity index (χ1) is 40.4. The van der Waals surface area contributed by atoms with Gasteiger partial charge in [0.15, 0.2) is 0 Å². The smallest absolute Gasteiger partial charge is 0.325 e. The Balaban J connectivity index is 2.37. The van der Waals surface area contributed by atoms with Crippen LogP contribution in [0.1, 0.15) is 271 Å². The zero-order valence-electron chi connectivity index (χ0n) is 52.5. The summed E-state index contributed by atoms with van der Waals surface area (Å²) in [6.07, 6.45) is 47.0. The van der Waals surface area contributed by atoms with Crippen LogP contribution in [0, 0.1) is 0 Å². The van der Waals surface area contributed by atoms with Crippen molar-refractivity contribution >= 4 is 53.2 Å². The summed E-state index contributed by atoms with van der Waals surface area (Å²) >= 11 is 0. The lowest BCUT2D eigenvalue weighted by Gasteiger charge is -2.24. The number of nitrogens with one attached hydrogen (secondary N) is 6. The third-order valence-corrected chi connectivity index (χ3v) is 15.4. The van der Waals surface area contributed by atoms with Gasteiger partial charge in [-0.15, -0.1) is 0 Å². The lowest BCUT2D eigenvalue weighted by atomic mass is 10.0. The number of likely N-dealkylation sites (tertiary alicyclic amines) is 1. The molecule has 0 aromatic rings. The molecule has 0 spiro atoms. The van der Waals surface area contributed by atoms with E-state index in [9.17, 15) is 43.2 Å². The molecule has 0 unspecified atom stereocenters. The minimum atomic E-state index is -0.875. The zero-order chi connectivity index (χ0) is 60.6. The molecule has 19 nitrogen and oxygen atoms in total. The summed E-state index contributed by atoms with van der Waals surface area (Å²) in [6, 6.07) is -0.875. The number of nitrogens with zero attached hydrogens (tertiary/aromatic N) is 2. The fourth-order valence-electron chi connectivity index (χ4n) is 10.2. The van der Waals surface area contributed by atoms with E-state index >= 15 is 0 Å². The van der Waals surface area contributed by atoms with E-state index in [0.717, 1.165) is 70.6 Å². The van der Waals surface area contributed by atoms with E-state index in [0.29, 0.717) is 25.9 Å². The van der Waals surface area contributed by atoms with Gasteiger partial charge in [0.2, 0.25) is 47.3 Å². The van der Waals surface area contributed by atoms with E-state index in [-0.39, 0.29) is 32.2 Å². The molecule has 480 valence electrons. The van der Waals surface area contributed by atoms with Gasteiger partial charge in [-0.1, -0.05) is 239 Å². The molecule has 0 bridgehead atoms. The Morgan fingerprint density at radius 1 is 0.386 bits per heavy atom. The number of rotatable bonds is 57. The summed E-state index contributed by atoms with van der Waals surface area (Å²) in [5.74, 6) is -5.00. The third kappa shape index (κ3) is 46.2. The van der Waals surface area contributed by atoms with Crippen LogP contribution in [0.25, 0.3) is 0 Å². The molecule has 1 heterocycles. The molecule has 6 N–H and O–H groups in total. The highest BCUT2D eigenvalue weighted by atomic mass is 16.5. The maximum absolute atomic E-state index is 13.4. The zero-order valence-corrected chi connectivity index (χ0v) is 52.5. The van der Waals surface area contributed by atoms with E-state index in [1.807, 2.05) is 4.90 Å². The molecule has 19 heteroatoms. The Bertz CT molecular complexity index is 1700. The first kappa shape index (κ1) is 76.2. The molecule has 0 aliphatic carbocycles. The lowest BCUT2D eigenvalue weighted by molar-refractivity contribution is -0.144. The van der Waals surface area contributed by atoms with Gasteiger partial charge in [0.1, 0.15) is 25.8 Å². The number of carbonyl (C=O) groups excluding carboxylic acids is 9. The van der Waals surface area contributed by atoms with E-state index < -0.39 is 92.7 Å². The predicted octanol–water partition coefficient (Wildman–Crippen LogP) is 9.56. The highest BCUT2D eigenvalue weighted by Crippen LogP contribution is 2.19.